The van der Waals surface area contributed by atoms with E-state index in [1.807, 2.05) is 48.5 Å². The first-order valence-corrected chi connectivity index (χ1v) is 12.2. The maximum absolute atomic E-state index is 13.3. The van der Waals surface area contributed by atoms with Crippen LogP contribution < -0.4 is 9.62 Å². The molecule has 1 N–H and O–H groups in total. The number of carbonyl (C=O) groups excluding carboxylic acids is 1. The molecule has 0 bridgehead atoms. The lowest BCUT2D eigenvalue weighted by molar-refractivity contribution is 0.102. The van der Waals surface area contributed by atoms with Crippen LogP contribution in [0.4, 0.5) is 11.4 Å². The van der Waals surface area contributed by atoms with Gasteiger partial charge in [0.2, 0.25) is 0 Å². The summed E-state index contributed by atoms with van der Waals surface area (Å²) in [5.74, 6) is -0.231. The predicted molar refractivity (Wildman–Crippen MR) is 129 cm³/mol. The Balaban J connectivity index is 1.50. The number of rotatable bonds is 4. The number of hydrogen-bond donors (Lipinski definition) is 1. The molecule has 32 heavy (non-hydrogen) atoms. The summed E-state index contributed by atoms with van der Waals surface area (Å²) in [7, 11) is -3.67. The topological polar surface area (TPSA) is 66.5 Å². The molecular formula is C26H28N2O3S. The molecule has 3 aromatic carbocycles. The maximum Gasteiger partial charge on any atom is 0.264 e. The Kier molecular flexibility index (Phi) is 5.82. The van der Waals surface area contributed by atoms with E-state index in [9.17, 15) is 13.2 Å². The number of para-hydroxylation sites is 1. The van der Waals surface area contributed by atoms with Crippen LogP contribution in [0.25, 0.3) is 0 Å². The number of benzene rings is 3. The molecule has 5 nitrogen and oxygen atoms in total. The SMILES string of the molecule is CC(C)(C)c1ccc(C(=O)Nc2ccc(S(=O)(=O)N3CCCc4ccccc43)cc2)cc1. The van der Waals surface area contributed by atoms with Crippen LogP contribution in [0.15, 0.2) is 77.7 Å². The molecule has 6 heteroatoms. The Bertz CT molecular complexity index is 1230. The van der Waals surface area contributed by atoms with Crippen molar-refractivity contribution in [2.75, 3.05) is 16.2 Å². The number of nitrogens with zero attached hydrogens (tertiary/aromatic N) is 1. The third-order valence-electron chi connectivity index (χ3n) is 5.78. The number of sulfonamides is 1. The molecule has 0 radical (unpaired) electrons. The second kappa shape index (κ2) is 8.43. The van der Waals surface area contributed by atoms with E-state index in [1.54, 1.807) is 24.3 Å². The van der Waals surface area contributed by atoms with Crippen LogP contribution in [-0.2, 0) is 21.9 Å². The van der Waals surface area contributed by atoms with Gasteiger partial charge in [0, 0.05) is 17.8 Å². The van der Waals surface area contributed by atoms with Gasteiger partial charge in [-0.05, 0) is 71.8 Å². The van der Waals surface area contributed by atoms with Gasteiger partial charge in [-0.25, -0.2) is 8.42 Å². The largest absolute Gasteiger partial charge is 0.322 e. The number of aryl methyl sites for hydroxylation is 1. The molecule has 3 aromatic rings. The molecule has 1 aliphatic rings. The average Bonchev–Trinajstić information content (AvgIpc) is 2.78. The molecule has 1 aliphatic heterocycles. The van der Waals surface area contributed by atoms with Gasteiger partial charge in [0.25, 0.3) is 15.9 Å². The summed E-state index contributed by atoms with van der Waals surface area (Å²) < 4.78 is 28.0. The molecule has 166 valence electrons. The zero-order chi connectivity index (χ0) is 22.9. The highest BCUT2D eigenvalue weighted by atomic mass is 32.2. The van der Waals surface area contributed by atoms with Crippen molar-refractivity contribution in [2.45, 2.75) is 43.9 Å². The van der Waals surface area contributed by atoms with Crippen molar-refractivity contribution >= 4 is 27.3 Å². The molecule has 0 spiro atoms. The molecular weight excluding hydrogens is 420 g/mol. The third-order valence-corrected chi connectivity index (χ3v) is 7.61. The van der Waals surface area contributed by atoms with Crippen molar-refractivity contribution in [3.05, 3.63) is 89.5 Å². The minimum absolute atomic E-state index is 0.0190. The lowest BCUT2D eigenvalue weighted by Gasteiger charge is -2.30. The quantitative estimate of drug-likeness (QED) is 0.583. The summed E-state index contributed by atoms with van der Waals surface area (Å²) in [4.78, 5) is 12.8. The molecule has 0 fully saturated rings. The summed E-state index contributed by atoms with van der Waals surface area (Å²) in [6.45, 7) is 6.84. The average molecular weight is 449 g/mol. The Hall–Kier alpha value is -3.12. The van der Waals surface area contributed by atoms with Gasteiger partial charge in [-0.15, -0.1) is 0 Å². The molecule has 0 saturated heterocycles. The van der Waals surface area contributed by atoms with Gasteiger partial charge in [-0.3, -0.25) is 9.10 Å². The monoisotopic (exact) mass is 448 g/mol. The van der Waals surface area contributed by atoms with E-state index < -0.39 is 10.0 Å². The van der Waals surface area contributed by atoms with E-state index >= 15 is 0 Å². The van der Waals surface area contributed by atoms with Gasteiger partial charge < -0.3 is 5.32 Å². The van der Waals surface area contributed by atoms with E-state index in [0.717, 1.165) is 29.7 Å². The summed E-state index contributed by atoms with van der Waals surface area (Å²) in [6.07, 6.45) is 1.67. The maximum atomic E-state index is 13.3. The van der Waals surface area contributed by atoms with Gasteiger partial charge in [-0.2, -0.15) is 0 Å². The molecule has 1 heterocycles. The standard InChI is InChI=1S/C26H28N2O3S/c1-26(2,3)21-12-10-20(11-13-21)25(29)27-22-14-16-23(17-15-22)32(30,31)28-18-6-8-19-7-4-5-9-24(19)28/h4-5,7,9-17H,6,8,18H2,1-3H3,(H,27,29). The van der Waals surface area contributed by atoms with Crippen LogP contribution in [-0.4, -0.2) is 20.9 Å². The minimum Gasteiger partial charge on any atom is -0.322 e. The number of nitrogens with one attached hydrogen (secondary N) is 1. The number of anilines is 2. The first kappa shape index (κ1) is 22.1. The van der Waals surface area contributed by atoms with Crippen molar-refractivity contribution in [2.24, 2.45) is 0 Å². The van der Waals surface area contributed by atoms with Crippen LogP contribution in [0.5, 0.6) is 0 Å². The second-order valence-electron chi connectivity index (χ2n) is 9.12. The van der Waals surface area contributed by atoms with Gasteiger partial charge in [-0.1, -0.05) is 51.1 Å². The predicted octanol–water partition coefficient (Wildman–Crippen LogP) is 5.38. The summed E-state index contributed by atoms with van der Waals surface area (Å²) in [6, 6.07) is 21.5. The summed E-state index contributed by atoms with van der Waals surface area (Å²) >= 11 is 0. The van der Waals surface area contributed by atoms with Gasteiger partial charge in [0.15, 0.2) is 0 Å². The molecule has 0 aliphatic carbocycles. The zero-order valence-corrected chi connectivity index (χ0v) is 19.4. The van der Waals surface area contributed by atoms with Gasteiger partial charge in [0.1, 0.15) is 0 Å². The highest BCUT2D eigenvalue weighted by molar-refractivity contribution is 7.92. The van der Waals surface area contributed by atoms with Crippen LogP contribution in [0.3, 0.4) is 0 Å². The van der Waals surface area contributed by atoms with Crippen LogP contribution in [0.1, 0.15) is 48.7 Å². The van der Waals surface area contributed by atoms with E-state index in [2.05, 4.69) is 26.1 Å². The van der Waals surface area contributed by atoms with E-state index in [-0.39, 0.29) is 16.2 Å². The van der Waals surface area contributed by atoms with Crippen LogP contribution in [0.2, 0.25) is 0 Å². The first-order chi connectivity index (χ1) is 15.2. The number of amides is 1. The Morgan fingerprint density at radius 1 is 0.906 bits per heavy atom. The lowest BCUT2D eigenvalue weighted by Crippen LogP contribution is -2.35. The fourth-order valence-electron chi connectivity index (χ4n) is 3.91. The van der Waals surface area contributed by atoms with Crippen molar-refractivity contribution in [1.82, 2.24) is 0 Å². The van der Waals surface area contributed by atoms with E-state index in [1.165, 1.54) is 4.31 Å². The molecule has 4 rings (SSSR count). The molecule has 0 unspecified atom stereocenters. The Morgan fingerprint density at radius 3 is 2.22 bits per heavy atom. The Morgan fingerprint density at radius 2 is 1.56 bits per heavy atom. The van der Waals surface area contributed by atoms with E-state index in [4.69, 9.17) is 0 Å². The third kappa shape index (κ3) is 4.41. The number of fused-ring (bicyclic) bond motifs is 1. The summed E-state index contributed by atoms with van der Waals surface area (Å²) in [5.41, 5.74) is 4.07. The minimum atomic E-state index is -3.67. The lowest BCUT2D eigenvalue weighted by atomic mass is 9.87. The van der Waals surface area contributed by atoms with E-state index in [0.29, 0.717) is 17.8 Å². The second-order valence-corrected chi connectivity index (χ2v) is 11.0. The van der Waals surface area contributed by atoms with Crippen molar-refractivity contribution in [3.8, 4) is 0 Å². The highest BCUT2D eigenvalue weighted by Gasteiger charge is 2.28. The number of carbonyl (C=O) groups is 1. The van der Waals surface area contributed by atoms with Crippen molar-refractivity contribution in [3.63, 3.8) is 0 Å². The summed E-state index contributed by atoms with van der Waals surface area (Å²) in [5, 5.41) is 2.84. The molecule has 0 atom stereocenters. The van der Waals surface area contributed by atoms with Crippen molar-refractivity contribution in [1.29, 1.82) is 0 Å². The molecule has 1 amide bonds. The normalized spacial score (nSPS) is 14.0. The smallest absolute Gasteiger partial charge is 0.264 e. The molecule has 0 saturated carbocycles. The first-order valence-electron chi connectivity index (χ1n) is 10.8. The van der Waals surface area contributed by atoms with Gasteiger partial charge in [0.05, 0.1) is 10.6 Å². The van der Waals surface area contributed by atoms with Crippen molar-refractivity contribution < 1.29 is 13.2 Å². The van der Waals surface area contributed by atoms with Gasteiger partial charge >= 0.3 is 0 Å². The Labute approximate surface area is 190 Å². The molecule has 0 aromatic heterocycles. The fourth-order valence-corrected chi connectivity index (χ4v) is 5.45. The zero-order valence-electron chi connectivity index (χ0n) is 18.6. The van der Waals surface area contributed by atoms with Crippen LogP contribution in [0, 0.1) is 0 Å². The number of hydrogen-bond acceptors (Lipinski definition) is 3. The van der Waals surface area contributed by atoms with Crippen LogP contribution >= 0.6 is 0 Å². The highest BCUT2D eigenvalue weighted by Crippen LogP contribution is 2.32. The fraction of sp³-hybridized carbons (Fsp3) is 0.269.